The summed E-state index contributed by atoms with van der Waals surface area (Å²) >= 11 is 0. The Morgan fingerprint density at radius 3 is 2.53 bits per heavy atom. The normalized spacial score (nSPS) is 29.5. The first-order valence-electron chi connectivity index (χ1n) is 5.71. The van der Waals surface area contributed by atoms with Crippen LogP contribution in [0.3, 0.4) is 0 Å². The zero-order valence-corrected chi connectivity index (χ0v) is 10.5. The Morgan fingerprint density at radius 1 is 1.47 bits per heavy atom. The van der Waals surface area contributed by atoms with Crippen molar-refractivity contribution >= 4 is 5.78 Å². The molecule has 0 amide bonds. The molecule has 0 spiro atoms. The van der Waals surface area contributed by atoms with Crippen LogP contribution in [0.25, 0.3) is 0 Å². The van der Waals surface area contributed by atoms with E-state index in [1.54, 1.807) is 6.92 Å². The van der Waals surface area contributed by atoms with E-state index in [9.17, 15) is 4.79 Å². The van der Waals surface area contributed by atoms with E-state index >= 15 is 0 Å². The largest absolute Gasteiger partial charge is 0.299 e. The Bertz CT molecular complexity index is 302. The molecule has 1 aliphatic rings. The van der Waals surface area contributed by atoms with Gasteiger partial charge in [-0.2, -0.15) is 0 Å². The number of hydrogen-bond donors (Lipinski definition) is 0. The van der Waals surface area contributed by atoms with Gasteiger partial charge >= 0.3 is 0 Å². The standard InChI is InChI=1S/C14H22O/c1-10-7-6-8-12(11(2)15)13(10)9-14(3,4)5/h6-7,9-10,12H,8H2,1-5H3. The Labute approximate surface area is 93.3 Å². The zero-order chi connectivity index (χ0) is 11.6. The fraction of sp³-hybridized carbons (Fsp3) is 0.643. The molecule has 0 aromatic carbocycles. The van der Waals surface area contributed by atoms with Gasteiger partial charge in [0.25, 0.3) is 0 Å². The summed E-state index contributed by atoms with van der Waals surface area (Å²) in [5, 5.41) is 0. The molecule has 2 atom stereocenters. The summed E-state index contributed by atoms with van der Waals surface area (Å²) in [5.41, 5.74) is 1.46. The van der Waals surface area contributed by atoms with Gasteiger partial charge in [-0.3, -0.25) is 4.79 Å². The molecule has 0 aliphatic heterocycles. The van der Waals surface area contributed by atoms with Gasteiger partial charge in [-0.25, -0.2) is 0 Å². The van der Waals surface area contributed by atoms with Crippen LogP contribution in [0, 0.1) is 17.3 Å². The summed E-state index contributed by atoms with van der Waals surface area (Å²) in [6.07, 6.45) is 7.49. The molecular formula is C14H22O. The van der Waals surface area contributed by atoms with E-state index in [2.05, 4.69) is 45.9 Å². The molecule has 0 radical (unpaired) electrons. The van der Waals surface area contributed by atoms with E-state index in [-0.39, 0.29) is 11.3 Å². The predicted octanol–water partition coefficient (Wildman–Crippen LogP) is 3.76. The summed E-state index contributed by atoms with van der Waals surface area (Å²) in [7, 11) is 0. The van der Waals surface area contributed by atoms with Crippen molar-refractivity contribution in [3.8, 4) is 0 Å². The maximum absolute atomic E-state index is 11.6. The molecule has 2 unspecified atom stereocenters. The minimum absolute atomic E-state index is 0.115. The highest BCUT2D eigenvalue weighted by atomic mass is 16.1. The van der Waals surface area contributed by atoms with Crippen molar-refractivity contribution in [2.24, 2.45) is 17.3 Å². The van der Waals surface area contributed by atoms with E-state index < -0.39 is 0 Å². The van der Waals surface area contributed by atoms with Gasteiger partial charge < -0.3 is 0 Å². The summed E-state index contributed by atoms with van der Waals surface area (Å²) in [5.74, 6) is 0.817. The maximum Gasteiger partial charge on any atom is 0.137 e. The van der Waals surface area contributed by atoms with Gasteiger partial charge in [-0.1, -0.05) is 51.5 Å². The smallest absolute Gasteiger partial charge is 0.137 e. The van der Waals surface area contributed by atoms with Gasteiger partial charge in [0, 0.05) is 5.92 Å². The van der Waals surface area contributed by atoms with Crippen molar-refractivity contribution in [2.45, 2.75) is 41.0 Å². The summed E-state index contributed by atoms with van der Waals surface area (Å²) in [6, 6.07) is 0. The van der Waals surface area contributed by atoms with Crippen molar-refractivity contribution in [2.75, 3.05) is 0 Å². The molecule has 0 heterocycles. The van der Waals surface area contributed by atoms with Gasteiger partial charge in [0.15, 0.2) is 0 Å². The van der Waals surface area contributed by atoms with Gasteiger partial charge in [0.1, 0.15) is 5.78 Å². The van der Waals surface area contributed by atoms with E-state index in [4.69, 9.17) is 0 Å². The Morgan fingerprint density at radius 2 is 2.07 bits per heavy atom. The van der Waals surface area contributed by atoms with Crippen molar-refractivity contribution in [1.82, 2.24) is 0 Å². The van der Waals surface area contributed by atoms with Crippen LogP contribution in [0.5, 0.6) is 0 Å². The first-order chi connectivity index (χ1) is 6.81. The average molecular weight is 206 g/mol. The lowest BCUT2D eigenvalue weighted by atomic mass is 9.76. The third-order valence-corrected chi connectivity index (χ3v) is 2.82. The van der Waals surface area contributed by atoms with Crippen LogP contribution in [0.4, 0.5) is 0 Å². The number of ketones is 1. The highest BCUT2D eigenvalue weighted by Crippen LogP contribution is 2.33. The van der Waals surface area contributed by atoms with Gasteiger partial charge in [0.2, 0.25) is 0 Å². The molecule has 1 aliphatic carbocycles. The molecule has 84 valence electrons. The van der Waals surface area contributed by atoms with Gasteiger partial charge in [0.05, 0.1) is 0 Å². The lowest BCUT2D eigenvalue weighted by Crippen LogP contribution is -2.22. The monoisotopic (exact) mass is 206 g/mol. The van der Waals surface area contributed by atoms with Crippen LogP contribution >= 0.6 is 0 Å². The third-order valence-electron chi connectivity index (χ3n) is 2.82. The second-order valence-corrected chi connectivity index (χ2v) is 5.63. The number of Topliss-reactive ketones (excluding diaryl/α,β-unsaturated/α-hetero) is 1. The van der Waals surface area contributed by atoms with E-state index in [1.807, 2.05) is 0 Å². The van der Waals surface area contributed by atoms with E-state index in [1.165, 1.54) is 5.57 Å². The molecule has 15 heavy (non-hydrogen) atoms. The maximum atomic E-state index is 11.6. The predicted molar refractivity (Wildman–Crippen MR) is 64.6 cm³/mol. The quantitative estimate of drug-likeness (QED) is 0.597. The molecule has 0 saturated heterocycles. The average Bonchev–Trinajstić information content (AvgIpc) is 2.05. The highest BCUT2D eigenvalue weighted by Gasteiger charge is 2.26. The molecule has 0 fully saturated rings. The second kappa shape index (κ2) is 4.34. The summed E-state index contributed by atoms with van der Waals surface area (Å²) < 4.78 is 0. The molecule has 0 N–H and O–H groups in total. The van der Waals surface area contributed by atoms with Gasteiger partial charge in [-0.05, 0) is 24.7 Å². The van der Waals surface area contributed by atoms with Crippen molar-refractivity contribution in [3.63, 3.8) is 0 Å². The molecule has 1 heteroatoms. The van der Waals surface area contributed by atoms with Crippen LogP contribution < -0.4 is 0 Å². The van der Waals surface area contributed by atoms with Crippen molar-refractivity contribution in [3.05, 3.63) is 23.8 Å². The lowest BCUT2D eigenvalue weighted by molar-refractivity contribution is -0.119. The van der Waals surface area contributed by atoms with E-state index in [0.29, 0.717) is 11.7 Å². The van der Waals surface area contributed by atoms with Crippen LogP contribution in [0.15, 0.2) is 23.8 Å². The molecule has 0 bridgehead atoms. The lowest BCUT2D eigenvalue weighted by Gasteiger charge is -2.28. The number of allylic oxidation sites excluding steroid dienone is 4. The second-order valence-electron chi connectivity index (χ2n) is 5.63. The number of hydrogen-bond acceptors (Lipinski definition) is 1. The Hall–Kier alpha value is -0.850. The molecule has 1 nitrogen and oxygen atoms in total. The van der Waals surface area contributed by atoms with Crippen LogP contribution in [0.2, 0.25) is 0 Å². The topological polar surface area (TPSA) is 17.1 Å². The molecule has 1 rings (SSSR count). The summed E-state index contributed by atoms with van der Waals surface area (Å²) in [4.78, 5) is 11.6. The number of rotatable bonds is 1. The highest BCUT2D eigenvalue weighted by molar-refractivity contribution is 5.82. The Kier molecular flexibility index (Phi) is 3.54. The molecule has 0 aromatic rings. The first-order valence-corrected chi connectivity index (χ1v) is 5.71. The van der Waals surface area contributed by atoms with Crippen molar-refractivity contribution < 1.29 is 4.79 Å². The minimum atomic E-state index is 0.115. The third kappa shape index (κ3) is 3.33. The number of carbonyl (C=O) groups excluding carboxylic acids is 1. The summed E-state index contributed by atoms with van der Waals surface area (Å²) in [6.45, 7) is 10.4. The SMILES string of the molecule is CC(=O)C1CC=CC(C)C1=CC(C)(C)C. The Balaban J connectivity index is 3.04. The van der Waals surface area contributed by atoms with Crippen molar-refractivity contribution in [1.29, 1.82) is 0 Å². The first kappa shape index (κ1) is 12.2. The fourth-order valence-corrected chi connectivity index (χ4v) is 2.12. The minimum Gasteiger partial charge on any atom is -0.299 e. The van der Waals surface area contributed by atoms with Crippen LogP contribution in [0.1, 0.15) is 41.0 Å². The number of carbonyl (C=O) groups is 1. The van der Waals surface area contributed by atoms with Crippen LogP contribution in [-0.4, -0.2) is 5.78 Å². The van der Waals surface area contributed by atoms with Gasteiger partial charge in [-0.15, -0.1) is 0 Å². The van der Waals surface area contributed by atoms with Crippen LogP contribution in [-0.2, 0) is 4.79 Å². The fourth-order valence-electron chi connectivity index (χ4n) is 2.12. The molecule has 0 aromatic heterocycles. The molecule has 0 saturated carbocycles. The molecular weight excluding hydrogens is 184 g/mol. The van der Waals surface area contributed by atoms with E-state index in [0.717, 1.165) is 6.42 Å². The zero-order valence-electron chi connectivity index (χ0n) is 10.5.